The van der Waals surface area contributed by atoms with Crippen LogP contribution in [-0.2, 0) is 9.59 Å². The number of carbonyl (C=O) groups is 3. The van der Waals surface area contributed by atoms with E-state index in [2.05, 4.69) is 17.6 Å². The van der Waals surface area contributed by atoms with Crippen molar-refractivity contribution in [1.82, 2.24) is 15.5 Å². The van der Waals surface area contributed by atoms with Crippen molar-refractivity contribution in [2.75, 3.05) is 6.54 Å². The Kier molecular flexibility index (Phi) is 3.87. The van der Waals surface area contributed by atoms with Gasteiger partial charge in [0.1, 0.15) is 12.1 Å². The minimum Gasteiger partial charge on any atom is -0.352 e. The van der Waals surface area contributed by atoms with Gasteiger partial charge in [0.2, 0.25) is 5.91 Å². The van der Waals surface area contributed by atoms with Gasteiger partial charge < -0.3 is 10.6 Å². The molecule has 2 aliphatic carbocycles. The molecule has 0 radical (unpaired) electrons. The third kappa shape index (κ3) is 2.83. The monoisotopic (exact) mass is 307 g/mol. The summed E-state index contributed by atoms with van der Waals surface area (Å²) in [5.41, 5.74) is -0.808. The number of amides is 4. The second-order valence-electron chi connectivity index (χ2n) is 7.32. The van der Waals surface area contributed by atoms with Crippen molar-refractivity contribution in [3.05, 3.63) is 0 Å². The number of nitrogens with zero attached hydrogens (tertiary/aromatic N) is 1. The van der Waals surface area contributed by atoms with E-state index < -0.39 is 11.6 Å². The summed E-state index contributed by atoms with van der Waals surface area (Å²) >= 11 is 0. The van der Waals surface area contributed by atoms with Crippen LogP contribution in [0.2, 0.25) is 0 Å². The Bertz CT molecular complexity index is 495. The molecule has 1 saturated heterocycles. The normalized spacial score (nSPS) is 35.5. The van der Waals surface area contributed by atoms with Crippen LogP contribution in [0.4, 0.5) is 4.79 Å². The number of rotatable bonds is 4. The Morgan fingerprint density at radius 3 is 2.45 bits per heavy atom. The molecule has 0 aromatic heterocycles. The summed E-state index contributed by atoms with van der Waals surface area (Å²) in [5, 5.41) is 5.73. The summed E-state index contributed by atoms with van der Waals surface area (Å²) in [6, 6.07) is -0.258. The van der Waals surface area contributed by atoms with E-state index in [4.69, 9.17) is 0 Å². The van der Waals surface area contributed by atoms with Crippen LogP contribution in [0.3, 0.4) is 0 Å². The molecule has 3 fully saturated rings. The predicted molar refractivity (Wildman–Crippen MR) is 80.9 cm³/mol. The molecular formula is C16H25N3O3. The lowest BCUT2D eigenvalue weighted by atomic mass is 9.87. The number of imide groups is 1. The topological polar surface area (TPSA) is 78.5 Å². The van der Waals surface area contributed by atoms with Gasteiger partial charge in [0.05, 0.1) is 0 Å². The van der Waals surface area contributed by atoms with E-state index in [0.29, 0.717) is 0 Å². The summed E-state index contributed by atoms with van der Waals surface area (Å²) in [6.07, 6.45) is 6.12. The highest BCUT2D eigenvalue weighted by Gasteiger charge is 2.56. The second-order valence-corrected chi connectivity index (χ2v) is 7.32. The SMILES string of the molecule is CC1CCC(NC(=O)CN2C(=O)NC(C)(C3CC3)C2=O)CC1. The highest BCUT2D eigenvalue weighted by molar-refractivity contribution is 6.09. The first-order valence-electron chi connectivity index (χ1n) is 8.33. The molecule has 0 spiro atoms. The Morgan fingerprint density at radius 2 is 1.86 bits per heavy atom. The number of hydrogen-bond donors (Lipinski definition) is 2. The fourth-order valence-corrected chi connectivity index (χ4v) is 3.62. The molecule has 0 bridgehead atoms. The van der Waals surface area contributed by atoms with Gasteiger partial charge in [-0.3, -0.25) is 14.5 Å². The number of hydrogen-bond acceptors (Lipinski definition) is 3. The quantitative estimate of drug-likeness (QED) is 0.771. The molecule has 2 N–H and O–H groups in total. The molecule has 1 heterocycles. The molecule has 122 valence electrons. The van der Waals surface area contributed by atoms with Crippen molar-refractivity contribution >= 4 is 17.8 Å². The maximum Gasteiger partial charge on any atom is 0.325 e. The van der Waals surface area contributed by atoms with Gasteiger partial charge in [-0.2, -0.15) is 0 Å². The van der Waals surface area contributed by atoms with Crippen LogP contribution in [0.25, 0.3) is 0 Å². The lowest BCUT2D eigenvalue weighted by molar-refractivity contribution is -0.135. The van der Waals surface area contributed by atoms with Crippen molar-refractivity contribution in [3.8, 4) is 0 Å². The van der Waals surface area contributed by atoms with Crippen LogP contribution >= 0.6 is 0 Å². The molecule has 1 unspecified atom stereocenters. The Balaban J connectivity index is 1.55. The largest absolute Gasteiger partial charge is 0.352 e. The molecule has 0 aromatic carbocycles. The summed E-state index contributed by atoms with van der Waals surface area (Å²) in [4.78, 5) is 37.7. The molecule has 3 rings (SSSR count). The van der Waals surface area contributed by atoms with Crippen molar-refractivity contribution in [2.45, 2.75) is 64.0 Å². The van der Waals surface area contributed by atoms with E-state index in [0.717, 1.165) is 49.3 Å². The fourth-order valence-electron chi connectivity index (χ4n) is 3.62. The smallest absolute Gasteiger partial charge is 0.325 e. The van der Waals surface area contributed by atoms with Gasteiger partial charge in [-0.25, -0.2) is 4.79 Å². The highest BCUT2D eigenvalue weighted by atomic mass is 16.2. The molecular weight excluding hydrogens is 282 g/mol. The van der Waals surface area contributed by atoms with Crippen LogP contribution in [0.1, 0.15) is 52.4 Å². The molecule has 1 atom stereocenters. The highest BCUT2D eigenvalue weighted by Crippen LogP contribution is 2.42. The van der Waals surface area contributed by atoms with E-state index in [1.54, 1.807) is 6.92 Å². The fraction of sp³-hybridized carbons (Fsp3) is 0.812. The van der Waals surface area contributed by atoms with E-state index in [9.17, 15) is 14.4 Å². The summed E-state index contributed by atoms with van der Waals surface area (Å²) < 4.78 is 0. The van der Waals surface area contributed by atoms with E-state index in [-0.39, 0.29) is 30.3 Å². The lowest BCUT2D eigenvalue weighted by Gasteiger charge is -2.27. The minimum atomic E-state index is -0.808. The molecule has 3 aliphatic rings. The van der Waals surface area contributed by atoms with Gasteiger partial charge in [-0.15, -0.1) is 0 Å². The Morgan fingerprint density at radius 1 is 1.23 bits per heavy atom. The zero-order chi connectivity index (χ0) is 15.9. The van der Waals surface area contributed by atoms with Crippen molar-refractivity contribution < 1.29 is 14.4 Å². The van der Waals surface area contributed by atoms with E-state index in [1.807, 2.05) is 0 Å². The number of nitrogens with one attached hydrogen (secondary N) is 2. The molecule has 2 saturated carbocycles. The van der Waals surface area contributed by atoms with Crippen LogP contribution < -0.4 is 10.6 Å². The Hall–Kier alpha value is -1.59. The van der Waals surface area contributed by atoms with Gasteiger partial charge in [-0.05, 0) is 57.3 Å². The first kappa shape index (κ1) is 15.3. The third-order valence-electron chi connectivity index (χ3n) is 5.38. The van der Waals surface area contributed by atoms with Gasteiger partial charge >= 0.3 is 6.03 Å². The molecule has 6 nitrogen and oxygen atoms in total. The number of urea groups is 1. The average molecular weight is 307 g/mol. The summed E-state index contributed by atoms with van der Waals surface area (Å²) in [7, 11) is 0. The van der Waals surface area contributed by atoms with Crippen molar-refractivity contribution in [1.29, 1.82) is 0 Å². The number of carbonyl (C=O) groups excluding carboxylic acids is 3. The van der Waals surface area contributed by atoms with Gasteiger partial charge in [-0.1, -0.05) is 6.92 Å². The molecule has 4 amide bonds. The summed E-state index contributed by atoms with van der Waals surface area (Å²) in [5.74, 6) is 0.450. The van der Waals surface area contributed by atoms with Gasteiger partial charge in [0, 0.05) is 6.04 Å². The maximum absolute atomic E-state index is 12.5. The van der Waals surface area contributed by atoms with E-state index in [1.165, 1.54) is 0 Å². The van der Waals surface area contributed by atoms with Gasteiger partial charge in [0.25, 0.3) is 5.91 Å². The average Bonchev–Trinajstić information content (AvgIpc) is 3.28. The van der Waals surface area contributed by atoms with E-state index >= 15 is 0 Å². The zero-order valence-electron chi connectivity index (χ0n) is 13.4. The van der Waals surface area contributed by atoms with Crippen LogP contribution in [0, 0.1) is 11.8 Å². The standard InChI is InChI=1S/C16H25N3O3/c1-10-3-7-12(8-4-10)17-13(20)9-19-14(21)16(2,11-5-6-11)18-15(19)22/h10-12H,3-9H2,1-2H3,(H,17,20)(H,18,22). The zero-order valence-corrected chi connectivity index (χ0v) is 13.4. The first-order valence-corrected chi connectivity index (χ1v) is 8.33. The lowest BCUT2D eigenvalue weighted by Crippen LogP contribution is -2.48. The van der Waals surface area contributed by atoms with Crippen LogP contribution in [0.15, 0.2) is 0 Å². The first-order chi connectivity index (χ1) is 10.4. The molecule has 1 aliphatic heterocycles. The summed E-state index contributed by atoms with van der Waals surface area (Å²) in [6.45, 7) is 3.83. The third-order valence-corrected chi connectivity index (χ3v) is 5.38. The molecule has 22 heavy (non-hydrogen) atoms. The van der Waals surface area contributed by atoms with Crippen molar-refractivity contribution in [2.24, 2.45) is 11.8 Å². The van der Waals surface area contributed by atoms with Crippen molar-refractivity contribution in [3.63, 3.8) is 0 Å². The van der Waals surface area contributed by atoms with Crippen LogP contribution in [0.5, 0.6) is 0 Å². The van der Waals surface area contributed by atoms with Crippen LogP contribution in [-0.4, -0.2) is 40.9 Å². The second kappa shape index (κ2) is 5.56. The van der Waals surface area contributed by atoms with Gasteiger partial charge in [0.15, 0.2) is 0 Å². The predicted octanol–water partition coefficient (Wildman–Crippen LogP) is 1.40. The molecule has 0 aromatic rings. The Labute approximate surface area is 131 Å². The minimum absolute atomic E-state index is 0.168. The molecule has 6 heteroatoms. The maximum atomic E-state index is 12.5.